The van der Waals surface area contributed by atoms with Crippen molar-refractivity contribution in [2.75, 3.05) is 7.11 Å². The van der Waals surface area contributed by atoms with E-state index in [0.29, 0.717) is 26.9 Å². The van der Waals surface area contributed by atoms with E-state index < -0.39 is 29.8 Å². The minimum Gasteiger partial charge on any atom is -0.480 e. The van der Waals surface area contributed by atoms with Gasteiger partial charge in [-0.25, -0.2) is 4.39 Å². The van der Waals surface area contributed by atoms with Gasteiger partial charge in [-0.2, -0.15) is 0 Å². The molecule has 0 saturated heterocycles. The molecule has 2 aromatic carbocycles. The molecule has 0 spiro atoms. The van der Waals surface area contributed by atoms with E-state index in [-0.39, 0.29) is 30.7 Å². The molecule has 1 amide bonds. The number of methoxy groups -OCH3 is 1. The fourth-order valence-corrected chi connectivity index (χ4v) is 3.78. The van der Waals surface area contributed by atoms with E-state index in [1.807, 2.05) is 0 Å². The first-order valence-electron chi connectivity index (χ1n) is 10.2. The number of hydrogen-bond acceptors (Lipinski definition) is 6. The van der Waals surface area contributed by atoms with Gasteiger partial charge in [-0.1, -0.05) is 40.5 Å². The smallest absolute Gasteiger partial charge is 0.320 e. The largest absolute Gasteiger partial charge is 0.480 e. The van der Waals surface area contributed by atoms with Crippen LogP contribution in [0.15, 0.2) is 47.0 Å². The van der Waals surface area contributed by atoms with Crippen LogP contribution in [0.1, 0.15) is 28.2 Å². The summed E-state index contributed by atoms with van der Waals surface area (Å²) in [5, 5.41) is 16.3. The second-order valence-electron chi connectivity index (χ2n) is 7.60. The molecule has 11 heteroatoms. The van der Waals surface area contributed by atoms with Crippen LogP contribution in [0.4, 0.5) is 4.39 Å². The molecule has 1 heterocycles. The molecule has 0 saturated carbocycles. The van der Waals surface area contributed by atoms with Crippen molar-refractivity contribution in [3.05, 3.63) is 75.3 Å². The molecule has 0 radical (unpaired) electrons. The number of benzene rings is 2. The molecule has 8 nitrogen and oxygen atoms in total. The van der Waals surface area contributed by atoms with E-state index >= 15 is 0 Å². The van der Waals surface area contributed by atoms with E-state index in [0.717, 1.165) is 0 Å². The molecular weight excluding hydrogens is 488 g/mol. The molecule has 2 unspecified atom stereocenters. The topological polar surface area (TPSA) is 128 Å². The van der Waals surface area contributed by atoms with Gasteiger partial charge < -0.3 is 25.4 Å². The Morgan fingerprint density at radius 2 is 2.00 bits per heavy atom. The highest BCUT2D eigenvalue weighted by Crippen LogP contribution is 2.30. The van der Waals surface area contributed by atoms with Crippen LogP contribution in [-0.4, -0.2) is 41.3 Å². The molecule has 2 atom stereocenters. The van der Waals surface area contributed by atoms with Crippen LogP contribution in [0.3, 0.4) is 0 Å². The average molecular weight is 510 g/mol. The number of nitrogens with two attached hydrogens (primary N) is 1. The van der Waals surface area contributed by atoms with Crippen LogP contribution in [-0.2, 0) is 22.6 Å². The first-order chi connectivity index (χ1) is 16.2. The molecule has 1 aromatic heterocycles. The lowest BCUT2D eigenvalue weighted by atomic mass is 9.97. The molecule has 0 aliphatic carbocycles. The number of halogens is 3. The Labute approximate surface area is 204 Å². The molecule has 0 fully saturated rings. The monoisotopic (exact) mass is 509 g/mol. The number of amides is 1. The van der Waals surface area contributed by atoms with Crippen LogP contribution < -0.4 is 11.1 Å². The van der Waals surface area contributed by atoms with Gasteiger partial charge in [0.15, 0.2) is 11.5 Å². The molecule has 3 rings (SSSR count). The van der Waals surface area contributed by atoms with Gasteiger partial charge in [0.25, 0.3) is 5.91 Å². The summed E-state index contributed by atoms with van der Waals surface area (Å²) >= 11 is 12.4. The number of carboxylic acids is 1. The number of aromatic nitrogens is 1. The lowest BCUT2D eigenvalue weighted by Crippen LogP contribution is -2.43. The van der Waals surface area contributed by atoms with E-state index in [2.05, 4.69) is 10.5 Å². The molecule has 34 heavy (non-hydrogen) atoms. The minimum atomic E-state index is -1.22. The number of carboxylic acid groups (broad SMARTS) is 1. The zero-order chi connectivity index (χ0) is 24.8. The fraction of sp³-hybridized carbons (Fsp3) is 0.261. The molecule has 0 bridgehead atoms. The first kappa shape index (κ1) is 25.6. The normalized spacial score (nSPS) is 12.9. The van der Waals surface area contributed by atoms with Gasteiger partial charge in [0.2, 0.25) is 0 Å². The highest BCUT2D eigenvalue weighted by Gasteiger charge is 2.24. The van der Waals surface area contributed by atoms with Gasteiger partial charge in [0.05, 0.1) is 0 Å². The van der Waals surface area contributed by atoms with Crippen molar-refractivity contribution < 1.29 is 28.3 Å². The maximum atomic E-state index is 14.2. The van der Waals surface area contributed by atoms with Crippen molar-refractivity contribution in [2.45, 2.75) is 31.5 Å². The Hall–Kier alpha value is -2.98. The second kappa shape index (κ2) is 11.4. The Morgan fingerprint density at radius 3 is 2.68 bits per heavy atom. The van der Waals surface area contributed by atoms with Gasteiger partial charge in [-0.15, -0.1) is 0 Å². The average Bonchev–Trinajstić information content (AvgIpc) is 3.25. The summed E-state index contributed by atoms with van der Waals surface area (Å²) in [4.78, 5) is 24.0. The van der Waals surface area contributed by atoms with Gasteiger partial charge in [0, 0.05) is 34.8 Å². The number of carbonyl (C=O) groups excluding carboxylic acids is 1. The van der Waals surface area contributed by atoms with E-state index in [9.17, 15) is 19.1 Å². The summed E-state index contributed by atoms with van der Waals surface area (Å²) in [5.74, 6) is -1.87. The predicted octanol–water partition coefficient (Wildman–Crippen LogP) is 4.08. The third-order valence-corrected chi connectivity index (χ3v) is 5.61. The fourth-order valence-electron chi connectivity index (χ4n) is 3.35. The Balaban J connectivity index is 1.81. The third kappa shape index (κ3) is 6.54. The van der Waals surface area contributed by atoms with Crippen molar-refractivity contribution in [2.24, 2.45) is 5.73 Å². The number of carbonyl (C=O) groups is 2. The molecule has 4 N–H and O–H groups in total. The molecular formula is C23H22Cl2FN3O5. The maximum Gasteiger partial charge on any atom is 0.320 e. The lowest BCUT2D eigenvalue weighted by Gasteiger charge is -2.21. The lowest BCUT2D eigenvalue weighted by molar-refractivity contribution is -0.138. The summed E-state index contributed by atoms with van der Waals surface area (Å²) in [6.07, 6.45) is 0.109. The maximum absolute atomic E-state index is 14.2. The first-order valence-corrected chi connectivity index (χ1v) is 10.9. The number of nitrogens with one attached hydrogen (secondary N) is 1. The van der Waals surface area contributed by atoms with Crippen molar-refractivity contribution in [1.82, 2.24) is 10.5 Å². The second-order valence-corrected chi connectivity index (χ2v) is 8.44. The number of hydrogen-bond donors (Lipinski definition) is 3. The summed E-state index contributed by atoms with van der Waals surface area (Å²) in [6.45, 7) is 0.142. The molecule has 3 aromatic rings. The SMILES string of the molecule is COCc1cc(C(=O)NC(Cc2ccc(-c3cc(Cl)ccc3F)cc2Cl)CC(N)C(=O)O)no1. The molecule has 180 valence electrons. The number of aliphatic carboxylic acids is 1. The quantitative estimate of drug-likeness (QED) is 0.375. The summed E-state index contributed by atoms with van der Waals surface area (Å²) in [6, 6.07) is 8.65. The number of nitrogens with zero attached hydrogens (tertiary/aromatic N) is 1. The van der Waals surface area contributed by atoms with Crippen LogP contribution in [0.2, 0.25) is 10.0 Å². The number of ether oxygens (including phenoxy) is 1. The van der Waals surface area contributed by atoms with E-state index in [1.54, 1.807) is 18.2 Å². The van der Waals surface area contributed by atoms with Gasteiger partial charge in [-0.05, 0) is 48.2 Å². The highest BCUT2D eigenvalue weighted by molar-refractivity contribution is 6.32. The summed E-state index contributed by atoms with van der Waals surface area (Å²) in [7, 11) is 1.47. The van der Waals surface area contributed by atoms with Crippen molar-refractivity contribution in [3.8, 4) is 11.1 Å². The zero-order valence-electron chi connectivity index (χ0n) is 18.1. The molecule has 0 aliphatic rings. The van der Waals surface area contributed by atoms with Gasteiger partial charge >= 0.3 is 5.97 Å². The predicted molar refractivity (Wildman–Crippen MR) is 124 cm³/mol. The van der Waals surface area contributed by atoms with Crippen molar-refractivity contribution in [3.63, 3.8) is 0 Å². The number of rotatable bonds is 10. The molecule has 0 aliphatic heterocycles. The van der Waals surface area contributed by atoms with Gasteiger partial charge in [-0.3, -0.25) is 9.59 Å². The highest BCUT2D eigenvalue weighted by atomic mass is 35.5. The van der Waals surface area contributed by atoms with Gasteiger partial charge in [0.1, 0.15) is 18.5 Å². The summed E-state index contributed by atoms with van der Waals surface area (Å²) in [5.41, 5.74) is 7.14. The van der Waals surface area contributed by atoms with E-state index in [1.165, 1.54) is 31.4 Å². The minimum absolute atomic E-state index is 0.0128. The van der Waals surface area contributed by atoms with Crippen molar-refractivity contribution in [1.29, 1.82) is 0 Å². The van der Waals surface area contributed by atoms with Crippen molar-refractivity contribution >= 4 is 35.1 Å². The van der Waals surface area contributed by atoms with Crippen LogP contribution >= 0.6 is 23.2 Å². The Morgan fingerprint density at radius 1 is 1.24 bits per heavy atom. The van der Waals surface area contributed by atoms with Crippen LogP contribution in [0.25, 0.3) is 11.1 Å². The Kier molecular flexibility index (Phi) is 8.62. The van der Waals surface area contributed by atoms with E-state index in [4.69, 9.17) is 38.2 Å². The Bertz CT molecular complexity index is 1190. The van der Waals surface area contributed by atoms with Crippen LogP contribution in [0.5, 0.6) is 0 Å². The zero-order valence-corrected chi connectivity index (χ0v) is 19.6. The third-order valence-electron chi connectivity index (χ3n) is 5.03. The summed E-state index contributed by atoms with van der Waals surface area (Å²) < 4.78 is 24.2. The van der Waals surface area contributed by atoms with Crippen LogP contribution in [0, 0.1) is 5.82 Å². The standard InChI is InChI=1S/C23H22Cl2FN3O5/c1-33-11-16-10-21(29-34-16)22(30)28-15(9-20(27)23(31)32)6-13-3-2-12(7-18(13)25)17-8-14(24)4-5-19(17)26/h2-5,7-8,10,15,20H,6,9,11,27H2,1H3,(H,28,30)(H,31,32).